The lowest BCUT2D eigenvalue weighted by Gasteiger charge is -2.14. The minimum absolute atomic E-state index is 0.142. The van der Waals surface area contributed by atoms with Gasteiger partial charge in [-0.05, 0) is 18.2 Å². The lowest BCUT2D eigenvalue weighted by atomic mass is 10.1. The van der Waals surface area contributed by atoms with Gasteiger partial charge < -0.3 is 14.2 Å². The molecule has 0 spiro atoms. The van der Waals surface area contributed by atoms with E-state index in [-0.39, 0.29) is 5.56 Å². The molecule has 0 aliphatic carbocycles. The summed E-state index contributed by atoms with van der Waals surface area (Å²) in [5, 5.41) is 0. The van der Waals surface area contributed by atoms with E-state index in [4.69, 9.17) is 5.73 Å². The van der Waals surface area contributed by atoms with Gasteiger partial charge in [0, 0.05) is 12.7 Å². The second-order valence-electron chi connectivity index (χ2n) is 3.44. The molecule has 0 aliphatic rings. The number of benzene rings is 1. The third-order valence-corrected chi connectivity index (χ3v) is 2.17. The number of alkyl halides is 4. The highest BCUT2D eigenvalue weighted by Crippen LogP contribution is 2.31. The Bertz CT molecular complexity index is 470. The Morgan fingerprint density at radius 1 is 1.10 bits per heavy atom. The first-order valence-corrected chi connectivity index (χ1v) is 5.21. The molecule has 1 unspecified atom stereocenters. The highest BCUT2D eigenvalue weighted by molar-refractivity contribution is 5.99. The average molecular weight is 297 g/mol. The SMILES string of the molecule is COC(N)C(=O)c1ccc(OC(F)F)c(OC(F)F)c1. The first-order chi connectivity index (χ1) is 9.35. The second-order valence-corrected chi connectivity index (χ2v) is 3.44. The van der Waals surface area contributed by atoms with Gasteiger partial charge in [-0.25, -0.2) is 0 Å². The summed E-state index contributed by atoms with van der Waals surface area (Å²) in [6.07, 6.45) is -1.31. The normalized spacial score (nSPS) is 12.6. The zero-order valence-corrected chi connectivity index (χ0v) is 10.2. The fourth-order valence-corrected chi connectivity index (χ4v) is 1.31. The molecule has 0 saturated heterocycles. The predicted octanol–water partition coefficient (Wildman–Crippen LogP) is 2.00. The van der Waals surface area contributed by atoms with E-state index in [1.165, 1.54) is 7.11 Å². The Kier molecular flexibility index (Phi) is 5.71. The highest BCUT2D eigenvalue weighted by Gasteiger charge is 2.20. The van der Waals surface area contributed by atoms with E-state index < -0.39 is 36.7 Å². The number of ether oxygens (including phenoxy) is 3. The minimum Gasteiger partial charge on any atom is -0.431 e. The molecule has 2 N–H and O–H groups in total. The van der Waals surface area contributed by atoms with Gasteiger partial charge in [0.25, 0.3) is 0 Å². The molecule has 1 rings (SSSR count). The van der Waals surface area contributed by atoms with Gasteiger partial charge in [-0.2, -0.15) is 17.6 Å². The molecule has 0 aliphatic heterocycles. The Hall–Kier alpha value is -1.87. The van der Waals surface area contributed by atoms with Crippen molar-refractivity contribution in [3.05, 3.63) is 23.8 Å². The van der Waals surface area contributed by atoms with Gasteiger partial charge in [-0.3, -0.25) is 10.5 Å². The number of carbonyl (C=O) groups is 1. The largest absolute Gasteiger partial charge is 0.431 e. The lowest BCUT2D eigenvalue weighted by Crippen LogP contribution is -2.32. The van der Waals surface area contributed by atoms with E-state index in [0.717, 1.165) is 18.2 Å². The van der Waals surface area contributed by atoms with Crippen LogP contribution in [-0.4, -0.2) is 32.3 Å². The molecule has 0 radical (unpaired) electrons. The molecule has 0 aromatic heterocycles. The summed E-state index contributed by atoms with van der Waals surface area (Å²) in [6.45, 7) is -6.49. The van der Waals surface area contributed by atoms with Crippen LogP contribution in [0.2, 0.25) is 0 Å². The molecule has 0 bridgehead atoms. The highest BCUT2D eigenvalue weighted by atomic mass is 19.3. The van der Waals surface area contributed by atoms with Crippen molar-refractivity contribution in [3.63, 3.8) is 0 Å². The molecule has 1 aromatic rings. The van der Waals surface area contributed by atoms with Crippen molar-refractivity contribution in [3.8, 4) is 11.5 Å². The maximum atomic E-state index is 12.2. The molecule has 0 saturated carbocycles. The second kappa shape index (κ2) is 7.06. The Morgan fingerprint density at radius 2 is 1.65 bits per heavy atom. The molecule has 112 valence electrons. The van der Waals surface area contributed by atoms with Gasteiger partial charge in [0.05, 0.1) is 0 Å². The fourth-order valence-electron chi connectivity index (χ4n) is 1.31. The first kappa shape index (κ1) is 16.2. The summed E-state index contributed by atoms with van der Waals surface area (Å²) in [5.74, 6) is -2.05. The number of rotatable bonds is 7. The van der Waals surface area contributed by atoms with Crippen molar-refractivity contribution >= 4 is 5.78 Å². The molecular formula is C11H11F4NO4. The number of nitrogens with two attached hydrogens (primary N) is 1. The summed E-state index contributed by atoms with van der Waals surface area (Å²) in [4.78, 5) is 11.7. The summed E-state index contributed by atoms with van der Waals surface area (Å²) in [5.41, 5.74) is 5.16. The quantitative estimate of drug-likeness (QED) is 0.473. The van der Waals surface area contributed by atoms with E-state index >= 15 is 0 Å². The van der Waals surface area contributed by atoms with Crippen molar-refractivity contribution < 1.29 is 36.6 Å². The smallest absolute Gasteiger partial charge is 0.387 e. The van der Waals surface area contributed by atoms with Crippen LogP contribution in [0.4, 0.5) is 17.6 Å². The van der Waals surface area contributed by atoms with Crippen LogP contribution in [-0.2, 0) is 4.74 Å². The number of Topliss-reactive ketones (excluding diaryl/α,β-unsaturated/α-hetero) is 1. The van der Waals surface area contributed by atoms with Crippen LogP contribution >= 0.6 is 0 Å². The Balaban J connectivity index is 3.09. The van der Waals surface area contributed by atoms with E-state index in [0.29, 0.717) is 0 Å². The standard InChI is InChI=1S/C11H11F4NO4/c1-18-9(16)8(17)5-2-3-6(19-10(12)13)7(4-5)20-11(14)15/h2-4,9-11H,16H2,1H3. The lowest BCUT2D eigenvalue weighted by molar-refractivity contribution is -0.0692. The molecule has 0 heterocycles. The molecule has 1 atom stereocenters. The maximum absolute atomic E-state index is 12.2. The van der Waals surface area contributed by atoms with Crippen molar-refractivity contribution in [2.24, 2.45) is 5.73 Å². The van der Waals surface area contributed by atoms with Crippen LogP contribution in [0.15, 0.2) is 18.2 Å². The first-order valence-electron chi connectivity index (χ1n) is 5.21. The number of hydrogen-bond donors (Lipinski definition) is 1. The van der Waals surface area contributed by atoms with Crippen LogP contribution in [0.3, 0.4) is 0 Å². The van der Waals surface area contributed by atoms with Gasteiger partial charge in [0.15, 0.2) is 17.7 Å². The minimum atomic E-state index is -3.27. The van der Waals surface area contributed by atoms with E-state index in [1.807, 2.05) is 0 Å². The van der Waals surface area contributed by atoms with Crippen LogP contribution < -0.4 is 15.2 Å². The summed E-state index contributed by atoms with van der Waals surface area (Å²) in [6, 6.07) is 2.81. The third kappa shape index (κ3) is 4.35. The van der Waals surface area contributed by atoms with Crippen molar-refractivity contribution in [1.29, 1.82) is 0 Å². The molecule has 9 heteroatoms. The number of hydrogen-bond acceptors (Lipinski definition) is 5. The van der Waals surface area contributed by atoms with Crippen LogP contribution in [0.25, 0.3) is 0 Å². The third-order valence-electron chi connectivity index (χ3n) is 2.17. The fraction of sp³-hybridized carbons (Fsp3) is 0.364. The Morgan fingerprint density at radius 3 is 2.15 bits per heavy atom. The molecule has 0 fully saturated rings. The van der Waals surface area contributed by atoms with Gasteiger partial charge in [0.1, 0.15) is 0 Å². The molecular weight excluding hydrogens is 286 g/mol. The molecule has 0 amide bonds. The average Bonchev–Trinajstić information content (AvgIpc) is 2.37. The monoisotopic (exact) mass is 297 g/mol. The van der Waals surface area contributed by atoms with Crippen LogP contribution in [0.5, 0.6) is 11.5 Å². The number of halogens is 4. The summed E-state index contributed by atoms with van der Waals surface area (Å²) >= 11 is 0. The van der Waals surface area contributed by atoms with E-state index in [9.17, 15) is 22.4 Å². The maximum Gasteiger partial charge on any atom is 0.387 e. The predicted molar refractivity (Wildman–Crippen MR) is 59.0 cm³/mol. The number of methoxy groups -OCH3 is 1. The summed E-state index contributed by atoms with van der Waals surface area (Å²) in [7, 11) is 1.17. The number of ketones is 1. The van der Waals surface area contributed by atoms with Crippen molar-refractivity contribution in [1.82, 2.24) is 0 Å². The van der Waals surface area contributed by atoms with E-state index in [2.05, 4.69) is 14.2 Å². The zero-order valence-electron chi connectivity index (χ0n) is 10.2. The zero-order chi connectivity index (χ0) is 15.3. The topological polar surface area (TPSA) is 70.8 Å². The number of carbonyl (C=O) groups excluding carboxylic acids is 1. The van der Waals surface area contributed by atoms with Crippen molar-refractivity contribution in [2.75, 3.05) is 7.11 Å². The van der Waals surface area contributed by atoms with Gasteiger partial charge in [-0.15, -0.1) is 0 Å². The summed E-state index contributed by atoms with van der Waals surface area (Å²) < 4.78 is 61.2. The van der Waals surface area contributed by atoms with Crippen LogP contribution in [0.1, 0.15) is 10.4 Å². The molecule has 5 nitrogen and oxygen atoms in total. The Labute approximate surface area is 111 Å². The molecule has 1 aromatic carbocycles. The molecule has 20 heavy (non-hydrogen) atoms. The van der Waals surface area contributed by atoms with E-state index in [1.54, 1.807) is 0 Å². The van der Waals surface area contributed by atoms with Crippen LogP contribution in [0, 0.1) is 0 Å². The van der Waals surface area contributed by atoms with Gasteiger partial charge in [0.2, 0.25) is 5.78 Å². The van der Waals surface area contributed by atoms with Gasteiger partial charge in [-0.1, -0.05) is 0 Å². The van der Waals surface area contributed by atoms with Gasteiger partial charge >= 0.3 is 13.2 Å². The van der Waals surface area contributed by atoms with Crippen molar-refractivity contribution in [2.45, 2.75) is 19.5 Å².